The highest BCUT2D eigenvalue weighted by Crippen LogP contribution is 2.27. The van der Waals surface area contributed by atoms with Crippen LogP contribution < -0.4 is 10.1 Å². The number of nitrogens with one attached hydrogen (secondary N) is 1. The molecule has 2 rings (SSSR count). The van der Waals surface area contributed by atoms with Gasteiger partial charge in [-0.25, -0.2) is 4.98 Å². The van der Waals surface area contributed by atoms with E-state index >= 15 is 0 Å². The molecule has 0 atom stereocenters. The summed E-state index contributed by atoms with van der Waals surface area (Å²) >= 11 is 1.57. The maximum atomic E-state index is 12.0. The lowest BCUT2D eigenvalue weighted by atomic mass is 10.0. The Labute approximate surface area is 141 Å². The average molecular weight is 332 g/mol. The monoisotopic (exact) mass is 332 g/mol. The fourth-order valence-electron chi connectivity index (χ4n) is 2.20. The zero-order valence-electron chi connectivity index (χ0n) is 14.2. The number of hydrogen-bond acceptors (Lipinski definition) is 4. The summed E-state index contributed by atoms with van der Waals surface area (Å²) in [7, 11) is 0. The van der Waals surface area contributed by atoms with E-state index in [2.05, 4.69) is 43.2 Å². The van der Waals surface area contributed by atoms with Crippen molar-refractivity contribution >= 4 is 17.2 Å². The van der Waals surface area contributed by atoms with E-state index < -0.39 is 0 Å². The van der Waals surface area contributed by atoms with E-state index in [-0.39, 0.29) is 12.5 Å². The Morgan fingerprint density at radius 3 is 2.83 bits per heavy atom. The molecule has 0 aliphatic heterocycles. The highest BCUT2D eigenvalue weighted by Gasteiger charge is 2.10. The van der Waals surface area contributed by atoms with Gasteiger partial charge in [-0.3, -0.25) is 4.79 Å². The lowest BCUT2D eigenvalue weighted by Crippen LogP contribution is -2.28. The van der Waals surface area contributed by atoms with Crippen LogP contribution in [0.25, 0.3) is 0 Å². The standard InChI is InChI=1S/C18H24N2O2S/c1-5-14-11-23-18(20-14)9-19-17(21)10-22-16-8-13(4)6-7-15(16)12(2)3/h6-8,11-12H,5,9-10H2,1-4H3,(H,19,21). The highest BCUT2D eigenvalue weighted by molar-refractivity contribution is 7.09. The molecule has 0 aliphatic rings. The number of amides is 1. The molecule has 0 aliphatic carbocycles. The average Bonchev–Trinajstić information content (AvgIpc) is 2.98. The molecule has 1 heterocycles. The molecule has 0 bridgehead atoms. The van der Waals surface area contributed by atoms with Crippen molar-refractivity contribution < 1.29 is 9.53 Å². The van der Waals surface area contributed by atoms with Crippen LogP contribution in [0.15, 0.2) is 23.6 Å². The van der Waals surface area contributed by atoms with Gasteiger partial charge in [0, 0.05) is 5.38 Å². The fraction of sp³-hybridized carbons (Fsp3) is 0.444. The summed E-state index contributed by atoms with van der Waals surface area (Å²) in [6.07, 6.45) is 0.916. The quantitative estimate of drug-likeness (QED) is 0.838. The largest absolute Gasteiger partial charge is 0.483 e. The van der Waals surface area contributed by atoms with Gasteiger partial charge in [0.1, 0.15) is 10.8 Å². The summed E-state index contributed by atoms with van der Waals surface area (Å²) in [5, 5.41) is 5.81. The molecular formula is C18H24N2O2S. The van der Waals surface area contributed by atoms with Gasteiger partial charge in [-0.2, -0.15) is 0 Å². The van der Waals surface area contributed by atoms with Gasteiger partial charge in [-0.15, -0.1) is 11.3 Å². The minimum atomic E-state index is -0.130. The maximum Gasteiger partial charge on any atom is 0.258 e. The molecule has 4 nitrogen and oxygen atoms in total. The Hall–Kier alpha value is -1.88. The molecule has 0 spiro atoms. The van der Waals surface area contributed by atoms with Gasteiger partial charge in [0.25, 0.3) is 5.91 Å². The number of carbonyl (C=O) groups excluding carboxylic acids is 1. The summed E-state index contributed by atoms with van der Waals surface area (Å²) in [4.78, 5) is 16.4. The second kappa shape index (κ2) is 8.11. The predicted molar refractivity (Wildman–Crippen MR) is 94.1 cm³/mol. The number of benzene rings is 1. The van der Waals surface area contributed by atoms with Crippen LogP contribution in [0, 0.1) is 6.92 Å². The maximum absolute atomic E-state index is 12.0. The second-order valence-corrected chi connectivity index (χ2v) is 6.79. The number of hydrogen-bond donors (Lipinski definition) is 1. The van der Waals surface area contributed by atoms with Gasteiger partial charge < -0.3 is 10.1 Å². The zero-order valence-corrected chi connectivity index (χ0v) is 15.0. The third-order valence-corrected chi connectivity index (χ3v) is 4.45. The van der Waals surface area contributed by atoms with Crippen molar-refractivity contribution in [1.29, 1.82) is 0 Å². The van der Waals surface area contributed by atoms with Crippen molar-refractivity contribution in [1.82, 2.24) is 10.3 Å². The number of thiazole rings is 1. The first kappa shape index (κ1) is 17.5. The summed E-state index contributed by atoms with van der Waals surface area (Å²) in [6.45, 7) is 8.80. The summed E-state index contributed by atoms with van der Waals surface area (Å²) < 4.78 is 5.73. The molecule has 1 amide bonds. The van der Waals surface area contributed by atoms with E-state index in [0.717, 1.165) is 34.0 Å². The van der Waals surface area contributed by atoms with E-state index in [1.54, 1.807) is 11.3 Å². The lowest BCUT2D eigenvalue weighted by Gasteiger charge is -2.14. The molecule has 0 radical (unpaired) electrons. The third-order valence-electron chi connectivity index (χ3n) is 3.55. The Bertz CT molecular complexity index is 665. The van der Waals surface area contributed by atoms with Crippen molar-refractivity contribution in [2.45, 2.75) is 46.6 Å². The molecular weight excluding hydrogens is 308 g/mol. The van der Waals surface area contributed by atoms with Gasteiger partial charge in [0.05, 0.1) is 12.2 Å². The first-order chi connectivity index (χ1) is 11.0. The van der Waals surface area contributed by atoms with Crippen molar-refractivity contribution in [2.24, 2.45) is 0 Å². The number of aromatic nitrogens is 1. The molecule has 0 saturated heterocycles. The summed E-state index contributed by atoms with van der Waals surface area (Å²) in [6, 6.07) is 6.11. The SMILES string of the molecule is CCc1csc(CNC(=O)COc2cc(C)ccc2C(C)C)n1. The van der Waals surface area contributed by atoms with Crippen LogP contribution in [0.5, 0.6) is 5.75 Å². The minimum Gasteiger partial charge on any atom is -0.483 e. The lowest BCUT2D eigenvalue weighted by molar-refractivity contribution is -0.123. The third kappa shape index (κ3) is 5.06. The summed E-state index contributed by atoms with van der Waals surface area (Å²) in [5.41, 5.74) is 3.31. The predicted octanol–water partition coefficient (Wildman–Crippen LogP) is 3.83. The van der Waals surface area contributed by atoms with Crippen molar-refractivity contribution in [2.75, 3.05) is 6.61 Å². The smallest absolute Gasteiger partial charge is 0.258 e. The zero-order chi connectivity index (χ0) is 16.8. The van der Waals surface area contributed by atoms with Crippen LogP contribution in [-0.2, 0) is 17.8 Å². The molecule has 0 unspecified atom stereocenters. The Balaban J connectivity index is 1.88. The number of nitrogens with zero attached hydrogens (tertiary/aromatic N) is 1. The second-order valence-electron chi connectivity index (χ2n) is 5.85. The van der Waals surface area contributed by atoms with Gasteiger partial charge in [-0.1, -0.05) is 32.9 Å². The van der Waals surface area contributed by atoms with Gasteiger partial charge >= 0.3 is 0 Å². The van der Waals surface area contributed by atoms with E-state index in [1.165, 1.54) is 0 Å². The minimum absolute atomic E-state index is 0.0230. The highest BCUT2D eigenvalue weighted by atomic mass is 32.1. The summed E-state index contributed by atoms with van der Waals surface area (Å²) in [5.74, 6) is 1.02. The first-order valence-electron chi connectivity index (χ1n) is 7.93. The molecule has 124 valence electrons. The molecule has 2 aromatic rings. The molecule has 5 heteroatoms. The Morgan fingerprint density at radius 1 is 1.39 bits per heavy atom. The fourth-order valence-corrected chi connectivity index (χ4v) is 3.02. The molecule has 0 fully saturated rings. The van der Waals surface area contributed by atoms with Gasteiger partial charge in [0.15, 0.2) is 6.61 Å². The number of carbonyl (C=O) groups is 1. The van der Waals surface area contributed by atoms with Crippen LogP contribution in [0.1, 0.15) is 48.5 Å². The van der Waals surface area contributed by atoms with Crippen molar-refractivity contribution in [3.63, 3.8) is 0 Å². The normalized spacial score (nSPS) is 10.8. The molecule has 1 aromatic carbocycles. The van der Waals surface area contributed by atoms with Crippen LogP contribution in [0.4, 0.5) is 0 Å². The van der Waals surface area contributed by atoms with E-state index in [0.29, 0.717) is 12.5 Å². The Kier molecular flexibility index (Phi) is 6.16. The molecule has 0 saturated carbocycles. The van der Waals surface area contributed by atoms with E-state index in [4.69, 9.17) is 4.74 Å². The van der Waals surface area contributed by atoms with Crippen LogP contribution in [0.3, 0.4) is 0 Å². The molecule has 1 aromatic heterocycles. The molecule has 1 N–H and O–H groups in total. The van der Waals surface area contributed by atoms with Crippen LogP contribution in [-0.4, -0.2) is 17.5 Å². The Morgan fingerprint density at radius 2 is 2.17 bits per heavy atom. The van der Waals surface area contributed by atoms with Crippen LogP contribution in [0.2, 0.25) is 0 Å². The number of ether oxygens (including phenoxy) is 1. The number of aryl methyl sites for hydroxylation is 2. The van der Waals surface area contributed by atoms with E-state index in [9.17, 15) is 4.79 Å². The topological polar surface area (TPSA) is 51.2 Å². The van der Waals surface area contributed by atoms with Crippen LogP contribution >= 0.6 is 11.3 Å². The first-order valence-corrected chi connectivity index (χ1v) is 8.81. The van der Waals surface area contributed by atoms with Gasteiger partial charge in [-0.05, 0) is 36.5 Å². The van der Waals surface area contributed by atoms with Crippen molar-refractivity contribution in [3.05, 3.63) is 45.4 Å². The van der Waals surface area contributed by atoms with Gasteiger partial charge in [0.2, 0.25) is 0 Å². The number of rotatable bonds is 7. The van der Waals surface area contributed by atoms with E-state index in [1.807, 2.05) is 18.4 Å². The van der Waals surface area contributed by atoms with Crippen molar-refractivity contribution in [3.8, 4) is 5.75 Å². The molecule has 23 heavy (non-hydrogen) atoms.